The van der Waals surface area contributed by atoms with Crippen molar-refractivity contribution in [1.82, 2.24) is 9.22 Å². The lowest BCUT2D eigenvalue weighted by molar-refractivity contribution is 0.103. The first-order valence-corrected chi connectivity index (χ1v) is 17.5. The molecule has 7 heteroatoms. The van der Waals surface area contributed by atoms with Crippen LogP contribution in [0.15, 0.2) is 104 Å². The van der Waals surface area contributed by atoms with Gasteiger partial charge in [0.2, 0.25) is 0 Å². The number of hydrogen-bond acceptors (Lipinski definition) is 4. The number of anilines is 1. The number of rotatable bonds is 10. The summed E-state index contributed by atoms with van der Waals surface area (Å²) in [5, 5.41) is 3.98. The lowest BCUT2D eigenvalue weighted by Gasteiger charge is -2.44. The maximum atomic E-state index is 13.6. The first kappa shape index (κ1) is 30.9. The summed E-state index contributed by atoms with van der Waals surface area (Å²) >= 11 is 0. The van der Waals surface area contributed by atoms with Crippen molar-refractivity contribution in [1.29, 1.82) is 0 Å². The van der Waals surface area contributed by atoms with Crippen LogP contribution in [0.25, 0.3) is 22.0 Å². The van der Waals surface area contributed by atoms with Crippen LogP contribution in [0, 0.1) is 0 Å². The largest absolute Gasteiger partial charge is 0.444 e. The Hall–Kier alpha value is -4.49. The Kier molecular flexibility index (Phi) is 9.16. The SMILES string of the molecule is CC(C)[Si](C(C)C)(C(C)C)n1ccc2c(-c3cc(NC(=O)OCc4ccccc4)cc(C(=O)c4cccnc4)c3)cccc21. The van der Waals surface area contributed by atoms with Crippen molar-refractivity contribution in [2.75, 3.05) is 5.32 Å². The van der Waals surface area contributed by atoms with Crippen molar-refractivity contribution in [3.63, 3.8) is 0 Å². The number of aromatic nitrogens is 2. The van der Waals surface area contributed by atoms with Crippen molar-refractivity contribution >= 4 is 36.7 Å². The molecule has 0 saturated carbocycles. The summed E-state index contributed by atoms with van der Waals surface area (Å²) in [5.41, 5.74) is 6.98. The second kappa shape index (κ2) is 13.0. The van der Waals surface area contributed by atoms with Gasteiger partial charge in [0.05, 0.1) is 0 Å². The quantitative estimate of drug-likeness (QED) is 0.127. The summed E-state index contributed by atoms with van der Waals surface area (Å²) < 4.78 is 8.09. The van der Waals surface area contributed by atoms with Gasteiger partial charge in [0.15, 0.2) is 14.0 Å². The molecule has 0 unspecified atom stereocenters. The molecule has 2 heterocycles. The Morgan fingerprint density at radius 2 is 1.55 bits per heavy atom. The standard InChI is InChI=1S/C37H41N3O3Si/c1-25(2)44(26(3)4,27(5)6)40-19-17-34-33(15-10-16-35(34)40)30-20-31(36(41)29-14-11-18-38-23-29)22-32(21-30)39-37(42)43-24-28-12-8-7-9-13-28/h7-23,25-27H,24H2,1-6H3,(H,39,42). The third-order valence-corrected chi connectivity index (χ3v) is 15.6. The van der Waals surface area contributed by atoms with Gasteiger partial charge in [0.25, 0.3) is 0 Å². The molecule has 2 aromatic heterocycles. The molecular weight excluding hydrogens is 563 g/mol. The molecule has 44 heavy (non-hydrogen) atoms. The van der Waals surface area contributed by atoms with Gasteiger partial charge in [-0.05, 0) is 82.0 Å². The molecular formula is C37H41N3O3Si. The van der Waals surface area contributed by atoms with Crippen molar-refractivity contribution in [3.05, 3.63) is 120 Å². The zero-order chi connectivity index (χ0) is 31.4. The van der Waals surface area contributed by atoms with Crippen molar-refractivity contribution in [2.45, 2.75) is 64.8 Å². The molecule has 0 atom stereocenters. The first-order valence-electron chi connectivity index (χ1n) is 15.3. The van der Waals surface area contributed by atoms with Crippen molar-refractivity contribution < 1.29 is 14.3 Å². The Labute approximate surface area is 261 Å². The van der Waals surface area contributed by atoms with E-state index in [1.807, 2.05) is 42.5 Å². The fraction of sp³-hybridized carbons (Fsp3) is 0.270. The van der Waals surface area contributed by atoms with Crippen LogP contribution in [0.5, 0.6) is 0 Å². The summed E-state index contributed by atoms with van der Waals surface area (Å²) in [5.74, 6) is -0.170. The van der Waals surface area contributed by atoms with E-state index in [2.05, 4.69) is 86.5 Å². The third kappa shape index (κ3) is 5.97. The maximum Gasteiger partial charge on any atom is 0.411 e. The van der Waals surface area contributed by atoms with E-state index in [-0.39, 0.29) is 12.4 Å². The first-order chi connectivity index (χ1) is 21.1. The number of benzene rings is 3. The highest BCUT2D eigenvalue weighted by atomic mass is 28.3. The molecule has 0 fully saturated rings. The molecule has 6 nitrogen and oxygen atoms in total. The number of carbonyl (C=O) groups is 2. The van der Waals surface area contributed by atoms with Crippen LogP contribution < -0.4 is 5.32 Å². The summed E-state index contributed by atoms with van der Waals surface area (Å²) in [7, 11) is -2.00. The number of nitrogens with one attached hydrogen (secondary N) is 1. The molecule has 0 aliphatic heterocycles. The molecule has 0 bridgehead atoms. The highest BCUT2D eigenvalue weighted by molar-refractivity contribution is 6.82. The average Bonchev–Trinajstić information content (AvgIpc) is 3.44. The fourth-order valence-corrected chi connectivity index (χ4v) is 13.7. The molecule has 5 aromatic rings. The Morgan fingerprint density at radius 3 is 2.20 bits per heavy atom. The summed E-state index contributed by atoms with van der Waals surface area (Å²) in [4.78, 5) is 30.6. The Bertz CT molecular complexity index is 1740. The van der Waals surface area contributed by atoms with Gasteiger partial charge in [-0.15, -0.1) is 0 Å². The molecule has 0 spiro atoms. The van der Waals surface area contributed by atoms with Gasteiger partial charge in [0.1, 0.15) is 6.61 Å². The normalized spacial score (nSPS) is 11.8. The predicted octanol–water partition coefficient (Wildman–Crippen LogP) is 9.71. The van der Waals surface area contributed by atoms with E-state index >= 15 is 0 Å². The predicted molar refractivity (Wildman–Crippen MR) is 182 cm³/mol. The van der Waals surface area contributed by atoms with Crippen LogP contribution >= 0.6 is 0 Å². The minimum atomic E-state index is -2.00. The van der Waals surface area contributed by atoms with E-state index in [0.29, 0.717) is 33.4 Å². The number of ether oxygens (including phenoxy) is 1. The van der Waals surface area contributed by atoms with E-state index in [1.54, 1.807) is 30.6 Å². The van der Waals surface area contributed by atoms with Gasteiger partial charge in [-0.1, -0.05) is 84.0 Å². The van der Waals surface area contributed by atoms with Gasteiger partial charge in [0, 0.05) is 40.1 Å². The molecule has 226 valence electrons. The molecule has 3 aromatic carbocycles. The molecule has 1 amide bonds. The zero-order valence-electron chi connectivity index (χ0n) is 26.4. The zero-order valence-corrected chi connectivity index (χ0v) is 27.4. The second-order valence-electron chi connectivity index (χ2n) is 12.3. The molecule has 5 rings (SSSR count). The van der Waals surface area contributed by atoms with Crippen molar-refractivity contribution in [2.24, 2.45) is 0 Å². The monoisotopic (exact) mass is 603 g/mol. The van der Waals surface area contributed by atoms with Crippen LogP contribution in [0.4, 0.5) is 10.5 Å². The van der Waals surface area contributed by atoms with Crippen LogP contribution in [0.3, 0.4) is 0 Å². The number of fused-ring (bicyclic) bond motifs is 1. The third-order valence-electron chi connectivity index (χ3n) is 8.81. The Balaban J connectivity index is 1.59. The molecule has 0 radical (unpaired) electrons. The number of pyridine rings is 1. The van der Waals surface area contributed by atoms with E-state index in [0.717, 1.165) is 22.1 Å². The molecule has 0 aliphatic rings. The fourth-order valence-electron chi connectivity index (χ4n) is 7.12. The van der Waals surface area contributed by atoms with Crippen molar-refractivity contribution in [3.8, 4) is 11.1 Å². The maximum absolute atomic E-state index is 13.6. The van der Waals surface area contributed by atoms with Crippen LogP contribution in [0.2, 0.25) is 16.6 Å². The van der Waals surface area contributed by atoms with Gasteiger partial charge < -0.3 is 8.97 Å². The van der Waals surface area contributed by atoms with E-state index in [4.69, 9.17) is 4.74 Å². The Morgan fingerprint density at radius 1 is 0.818 bits per heavy atom. The van der Waals surface area contributed by atoms with E-state index in [1.165, 1.54) is 5.52 Å². The van der Waals surface area contributed by atoms with Gasteiger partial charge >= 0.3 is 6.09 Å². The van der Waals surface area contributed by atoms with E-state index in [9.17, 15) is 9.59 Å². The molecule has 1 N–H and O–H groups in total. The summed E-state index contributed by atoms with van der Waals surface area (Å²) in [6.45, 7) is 14.3. The molecule has 0 saturated heterocycles. The smallest absolute Gasteiger partial charge is 0.411 e. The number of ketones is 1. The van der Waals surface area contributed by atoms with Crippen LogP contribution in [-0.4, -0.2) is 29.3 Å². The number of nitrogens with zero attached hydrogens (tertiary/aromatic N) is 2. The highest BCUT2D eigenvalue weighted by Crippen LogP contribution is 2.45. The van der Waals surface area contributed by atoms with Gasteiger partial charge in [-0.3, -0.25) is 15.1 Å². The number of carbonyl (C=O) groups excluding carboxylic acids is 2. The minimum absolute atomic E-state index is 0.147. The summed E-state index contributed by atoms with van der Waals surface area (Å²) in [6.07, 6.45) is 4.89. The number of hydrogen-bond donors (Lipinski definition) is 1. The van der Waals surface area contributed by atoms with Gasteiger partial charge in [-0.25, -0.2) is 4.79 Å². The van der Waals surface area contributed by atoms with E-state index < -0.39 is 14.3 Å². The summed E-state index contributed by atoms with van der Waals surface area (Å²) in [6, 6.07) is 27.1. The molecule has 0 aliphatic carbocycles. The lowest BCUT2D eigenvalue weighted by atomic mass is 9.96. The number of amides is 1. The highest BCUT2D eigenvalue weighted by Gasteiger charge is 2.45. The average molecular weight is 604 g/mol. The lowest BCUT2D eigenvalue weighted by Crippen LogP contribution is -2.51. The topological polar surface area (TPSA) is 73.2 Å². The van der Waals surface area contributed by atoms with Crippen LogP contribution in [0.1, 0.15) is 63.0 Å². The van der Waals surface area contributed by atoms with Crippen LogP contribution in [-0.2, 0) is 11.3 Å². The minimum Gasteiger partial charge on any atom is -0.444 e. The second-order valence-corrected chi connectivity index (χ2v) is 18.1. The van der Waals surface area contributed by atoms with Gasteiger partial charge in [-0.2, -0.15) is 0 Å².